The molecular weight excluding hydrogens is 254 g/mol. The van der Waals surface area contributed by atoms with Crippen molar-refractivity contribution in [3.05, 3.63) is 60.2 Å². The number of rotatable bonds is 4. The van der Waals surface area contributed by atoms with E-state index in [1.54, 1.807) is 18.2 Å². The number of carboxylic acid groups (broad SMARTS) is 1. The first kappa shape index (κ1) is 12.5. The number of carboxylic acids is 1. The molecule has 1 heterocycles. The fraction of sp³-hybridized carbons (Fsp3) is 0.188. The van der Waals surface area contributed by atoms with E-state index in [1.165, 1.54) is 0 Å². The number of aromatic carboxylic acids is 1. The molecule has 0 atom stereocenters. The fourth-order valence-electron chi connectivity index (χ4n) is 2.25. The van der Waals surface area contributed by atoms with Crippen LogP contribution in [-0.2, 0) is 0 Å². The van der Waals surface area contributed by atoms with Crippen molar-refractivity contribution < 1.29 is 14.6 Å². The summed E-state index contributed by atoms with van der Waals surface area (Å²) in [5.74, 6) is -0.0269. The first-order chi connectivity index (χ1) is 9.72. The lowest BCUT2D eigenvalue weighted by atomic mass is 10.1. The van der Waals surface area contributed by atoms with Crippen molar-refractivity contribution in [2.75, 3.05) is 18.0 Å². The van der Waals surface area contributed by atoms with Gasteiger partial charge in [-0.1, -0.05) is 24.3 Å². The maximum Gasteiger partial charge on any atom is 0.335 e. The molecule has 0 radical (unpaired) electrons. The van der Waals surface area contributed by atoms with Crippen LogP contribution in [0.3, 0.4) is 0 Å². The van der Waals surface area contributed by atoms with Gasteiger partial charge in [0.15, 0.2) is 0 Å². The van der Waals surface area contributed by atoms with Gasteiger partial charge in [0.1, 0.15) is 11.9 Å². The molecular formula is C16H15NO3. The highest BCUT2D eigenvalue weighted by Gasteiger charge is 2.28. The number of ether oxygens (including phenoxy) is 1. The van der Waals surface area contributed by atoms with Gasteiger partial charge in [-0.15, -0.1) is 0 Å². The molecule has 0 aliphatic carbocycles. The highest BCUT2D eigenvalue weighted by Crippen LogP contribution is 2.24. The minimum atomic E-state index is -0.899. The van der Waals surface area contributed by atoms with E-state index < -0.39 is 5.97 Å². The van der Waals surface area contributed by atoms with Crippen molar-refractivity contribution in [3.8, 4) is 5.75 Å². The number of hydrogen-bond donors (Lipinski definition) is 1. The van der Waals surface area contributed by atoms with Crippen LogP contribution >= 0.6 is 0 Å². The van der Waals surface area contributed by atoms with Crippen molar-refractivity contribution in [1.82, 2.24) is 0 Å². The normalized spacial score (nSPS) is 14.7. The van der Waals surface area contributed by atoms with Gasteiger partial charge in [-0.3, -0.25) is 0 Å². The number of anilines is 1. The van der Waals surface area contributed by atoms with Gasteiger partial charge in [0.05, 0.1) is 18.7 Å². The van der Waals surface area contributed by atoms with Crippen molar-refractivity contribution in [2.24, 2.45) is 0 Å². The standard InChI is InChI=1S/C16H15NO3/c18-16(19)12-5-4-6-13(9-12)17-10-15(11-17)20-14-7-2-1-3-8-14/h1-9,15H,10-11H2,(H,18,19). The van der Waals surface area contributed by atoms with Crippen LogP contribution in [-0.4, -0.2) is 30.3 Å². The van der Waals surface area contributed by atoms with Gasteiger partial charge in [-0.25, -0.2) is 4.79 Å². The van der Waals surface area contributed by atoms with E-state index in [1.807, 2.05) is 36.4 Å². The van der Waals surface area contributed by atoms with E-state index in [0.717, 1.165) is 24.5 Å². The van der Waals surface area contributed by atoms with E-state index in [4.69, 9.17) is 9.84 Å². The Balaban J connectivity index is 1.60. The minimum absolute atomic E-state index is 0.158. The monoisotopic (exact) mass is 269 g/mol. The van der Waals surface area contributed by atoms with E-state index in [0.29, 0.717) is 5.56 Å². The Bertz CT molecular complexity index is 606. The summed E-state index contributed by atoms with van der Waals surface area (Å²) in [7, 11) is 0. The topological polar surface area (TPSA) is 49.8 Å². The zero-order valence-electron chi connectivity index (χ0n) is 10.9. The van der Waals surface area contributed by atoms with E-state index in [2.05, 4.69) is 4.90 Å². The molecule has 2 aromatic carbocycles. The van der Waals surface area contributed by atoms with Gasteiger partial charge in [0.25, 0.3) is 0 Å². The average Bonchev–Trinajstić information content (AvgIpc) is 2.43. The molecule has 2 aromatic rings. The lowest BCUT2D eigenvalue weighted by Gasteiger charge is -2.40. The van der Waals surface area contributed by atoms with Crippen molar-refractivity contribution in [1.29, 1.82) is 0 Å². The molecule has 1 N–H and O–H groups in total. The maximum atomic E-state index is 10.9. The minimum Gasteiger partial charge on any atom is -0.487 e. The Morgan fingerprint density at radius 2 is 1.85 bits per heavy atom. The molecule has 0 bridgehead atoms. The maximum absolute atomic E-state index is 10.9. The van der Waals surface area contributed by atoms with E-state index >= 15 is 0 Å². The lowest BCUT2D eigenvalue weighted by molar-refractivity contribution is 0.0697. The summed E-state index contributed by atoms with van der Waals surface area (Å²) in [6.07, 6.45) is 0.158. The molecule has 0 saturated carbocycles. The van der Waals surface area contributed by atoms with Gasteiger partial charge < -0.3 is 14.7 Å². The molecule has 3 rings (SSSR count). The van der Waals surface area contributed by atoms with Crippen LogP contribution in [0.2, 0.25) is 0 Å². The number of hydrogen-bond acceptors (Lipinski definition) is 3. The van der Waals surface area contributed by atoms with E-state index in [-0.39, 0.29) is 6.10 Å². The molecule has 0 spiro atoms. The number of nitrogens with zero attached hydrogens (tertiary/aromatic N) is 1. The highest BCUT2D eigenvalue weighted by atomic mass is 16.5. The number of benzene rings is 2. The third-order valence-corrected chi connectivity index (χ3v) is 3.35. The third-order valence-electron chi connectivity index (χ3n) is 3.35. The summed E-state index contributed by atoms with van der Waals surface area (Å²) in [6, 6.07) is 16.7. The van der Waals surface area contributed by atoms with E-state index in [9.17, 15) is 4.79 Å². The second kappa shape index (κ2) is 5.25. The van der Waals surface area contributed by atoms with Crippen LogP contribution in [0.25, 0.3) is 0 Å². The fourth-order valence-corrected chi connectivity index (χ4v) is 2.25. The quantitative estimate of drug-likeness (QED) is 0.927. The van der Waals surface area contributed by atoms with Crippen molar-refractivity contribution >= 4 is 11.7 Å². The largest absolute Gasteiger partial charge is 0.487 e. The SMILES string of the molecule is O=C(O)c1cccc(N2CC(Oc3ccccc3)C2)c1. The zero-order valence-corrected chi connectivity index (χ0v) is 10.9. The van der Waals surface area contributed by atoms with Crippen LogP contribution in [0, 0.1) is 0 Å². The molecule has 20 heavy (non-hydrogen) atoms. The van der Waals surface area contributed by atoms with Crippen LogP contribution < -0.4 is 9.64 Å². The molecule has 0 amide bonds. The molecule has 1 fully saturated rings. The summed E-state index contributed by atoms with van der Waals surface area (Å²) in [5, 5.41) is 8.99. The second-order valence-corrected chi connectivity index (χ2v) is 4.81. The summed E-state index contributed by atoms with van der Waals surface area (Å²) >= 11 is 0. The van der Waals surface area contributed by atoms with Crippen LogP contribution in [0.15, 0.2) is 54.6 Å². The zero-order chi connectivity index (χ0) is 13.9. The molecule has 1 aliphatic heterocycles. The van der Waals surface area contributed by atoms with Gasteiger partial charge in [0.2, 0.25) is 0 Å². The number of para-hydroxylation sites is 1. The first-order valence-corrected chi connectivity index (χ1v) is 6.52. The van der Waals surface area contributed by atoms with Crippen molar-refractivity contribution in [3.63, 3.8) is 0 Å². The van der Waals surface area contributed by atoms with Crippen LogP contribution in [0.1, 0.15) is 10.4 Å². The predicted octanol–water partition coefficient (Wildman–Crippen LogP) is 2.65. The van der Waals surface area contributed by atoms with Gasteiger partial charge in [0, 0.05) is 5.69 Å². The summed E-state index contributed by atoms with van der Waals surface area (Å²) in [6.45, 7) is 1.55. The average molecular weight is 269 g/mol. The highest BCUT2D eigenvalue weighted by molar-refractivity contribution is 5.88. The molecule has 102 valence electrons. The Kier molecular flexibility index (Phi) is 3.29. The molecule has 4 nitrogen and oxygen atoms in total. The van der Waals surface area contributed by atoms with Crippen molar-refractivity contribution in [2.45, 2.75) is 6.10 Å². The lowest BCUT2D eigenvalue weighted by Crippen LogP contribution is -2.54. The summed E-state index contributed by atoms with van der Waals surface area (Å²) in [4.78, 5) is 13.1. The molecule has 1 aliphatic rings. The van der Waals surface area contributed by atoms with Gasteiger partial charge >= 0.3 is 5.97 Å². The Labute approximate surface area is 117 Å². The predicted molar refractivity (Wildman–Crippen MR) is 76.5 cm³/mol. The summed E-state index contributed by atoms with van der Waals surface area (Å²) < 4.78 is 5.82. The molecule has 4 heteroatoms. The Morgan fingerprint density at radius 1 is 1.10 bits per heavy atom. The van der Waals surface area contributed by atoms with Gasteiger partial charge in [-0.05, 0) is 30.3 Å². The smallest absolute Gasteiger partial charge is 0.335 e. The molecule has 1 saturated heterocycles. The number of carbonyl (C=O) groups is 1. The Hall–Kier alpha value is -2.49. The Morgan fingerprint density at radius 3 is 2.55 bits per heavy atom. The molecule has 0 aromatic heterocycles. The van der Waals surface area contributed by atoms with Crippen LogP contribution in [0.4, 0.5) is 5.69 Å². The third kappa shape index (κ3) is 2.59. The second-order valence-electron chi connectivity index (χ2n) is 4.81. The summed E-state index contributed by atoms with van der Waals surface area (Å²) in [5.41, 5.74) is 1.24. The van der Waals surface area contributed by atoms with Crippen LogP contribution in [0.5, 0.6) is 5.75 Å². The first-order valence-electron chi connectivity index (χ1n) is 6.52. The molecule has 0 unspecified atom stereocenters. The van der Waals surface area contributed by atoms with Gasteiger partial charge in [-0.2, -0.15) is 0 Å².